The van der Waals surface area contributed by atoms with Crippen LogP contribution in [0.1, 0.15) is 70.8 Å². The minimum atomic E-state index is -0.0529. The largest absolute Gasteiger partial charge is 0.353 e. The van der Waals surface area contributed by atoms with Crippen molar-refractivity contribution >= 4 is 5.91 Å². The van der Waals surface area contributed by atoms with Crippen LogP contribution in [0.4, 0.5) is 4.39 Å². The third-order valence-electron chi connectivity index (χ3n) is 8.01. The van der Waals surface area contributed by atoms with Crippen LogP contribution in [-0.4, -0.2) is 48.6 Å². The van der Waals surface area contributed by atoms with E-state index in [0.717, 1.165) is 57.3 Å². The van der Waals surface area contributed by atoms with Gasteiger partial charge in [-0.1, -0.05) is 31.0 Å². The van der Waals surface area contributed by atoms with Crippen LogP contribution in [0, 0.1) is 11.7 Å². The van der Waals surface area contributed by atoms with Crippen LogP contribution in [0.3, 0.4) is 0 Å². The van der Waals surface area contributed by atoms with E-state index in [1.807, 2.05) is 12.1 Å². The Balaban J connectivity index is 1.25. The first-order valence-corrected chi connectivity index (χ1v) is 12.2. The summed E-state index contributed by atoms with van der Waals surface area (Å²) >= 11 is 0. The van der Waals surface area contributed by atoms with E-state index in [2.05, 4.69) is 34.9 Å². The first-order chi connectivity index (χ1) is 15.0. The summed E-state index contributed by atoms with van der Waals surface area (Å²) in [5.41, 5.74) is 7.39. The minimum Gasteiger partial charge on any atom is -0.353 e. The molecule has 3 N–H and O–H groups in total. The van der Waals surface area contributed by atoms with Gasteiger partial charge in [-0.05, 0) is 63.5 Å². The van der Waals surface area contributed by atoms with Crippen molar-refractivity contribution in [1.29, 1.82) is 0 Å². The van der Waals surface area contributed by atoms with Gasteiger partial charge >= 0.3 is 0 Å². The van der Waals surface area contributed by atoms with Gasteiger partial charge in [0.15, 0.2) is 0 Å². The van der Waals surface area contributed by atoms with E-state index in [1.54, 1.807) is 12.1 Å². The second-order valence-electron chi connectivity index (χ2n) is 10.2. The Morgan fingerprint density at radius 2 is 1.77 bits per heavy atom. The van der Waals surface area contributed by atoms with Crippen LogP contribution in [0.5, 0.6) is 0 Å². The lowest BCUT2D eigenvalue weighted by atomic mass is 9.77. The molecule has 2 atom stereocenters. The van der Waals surface area contributed by atoms with Crippen molar-refractivity contribution < 1.29 is 9.18 Å². The number of benzene rings is 1. The second kappa shape index (κ2) is 9.97. The molecular weight excluding hydrogens is 391 g/mol. The third-order valence-corrected chi connectivity index (χ3v) is 8.01. The molecule has 1 saturated carbocycles. The Morgan fingerprint density at radius 3 is 2.42 bits per heavy atom. The quantitative estimate of drug-likeness (QED) is 0.620. The first-order valence-electron chi connectivity index (χ1n) is 12.2. The van der Waals surface area contributed by atoms with Crippen molar-refractivity contribution in [3.63, 3.8) is 0 Å². The number of piperidine rings is 1. The van der Waals surface area contributed by atoms with Crippen LogP contribution in [0.2, 0.25) is 0 Å². The number of carbonyl (C=O) groups is 1. The number of rotatable bonds is 7. The number of hydrogen-bond acceptors (Lipinski definition) is 4. The van der Waals surface area contributed by atoms with E-state index >= 15 is 0 Å². The Labute approximate surface area is 186 Å². The normalized spacial score (nSPS) is 29.3. The molecule has 4 rings (SSSR count). The van der Waals surface area contributed by atoms with Gasteiger partial charge in [0, 0.05) is 49.6 Å². The fourth-order valence-corrected chi connectivity index (χ4v) is 6.13. The summed E-state index contributed by atoms with van der Waals surface area (Å²) in [6, 6.07) is 8.44. The Hall–Kier alpha value is -1.50. The molecule has 2 saturated heterocycles. The molecule has 3 fully saturated rings. The van der Waals surface area contributed by atoms with Crippen molar-refractivity contribution in [2.24, 2.45) is 5.92 Å². The van der Waals surface area contributed by atoms with Crippen molar-refractivity contribution in [3.05, 3.63) is 35.6 Å². The van der Waals surface area contributed by atoms with Crippen LogP contribution in [0.15, 0.2) is 24.3 Å². The lowest BCUT2D eigenvalue weighted by Crippen LogP contribution is -2.48. The van der Waals surface area contributed by atoms with E-state index < -0.39 is 0 Å². The van der Waals surface area contributed by atoms with Crippen molar-refractivity contribution in [1.82, 2.24) is 21.1 Å². The number of hydrazine groups is 1. The van der Waals surface area contributed by atoms with Gasteiger partial charge in [-0.15, -0.1) is 0 Å². The molecule has 0 aromatic heterocycles. The maximum atomic E-state index is 14.6. The Kier molecular flexibility index (Phi) is 7.29. The molecule has 172 valence electrons. The fraction of sp³-hybridized carbons (Fsp3) is 0.720. The molecule has 2 heterocycles. The highest BCUT2D eigenvalue weighted by Crippen LogP contribution is 2.43. The summed E-state index contributed by atoms with van der Waals surface area (Å²) in [5.74, 6) is 0.625. The minimum absolute atomic E-state index is 0.0435. The van der Waals surface area contributed by atoms with E-state index in [4.69, 9.17) is 0 Å². The molecule has 0 spiro atoms. The van der Waals surface area contributed by atoms with Crippen molar-refractivity contribution in [2.75, 3.05) is 19.6 Å². The van der Waals surface area contributed by atoms with Gasteiger partial charge in [-0.3, -0.25) is 15.6 Å². The van der Waals surface area contributed by atoms with E-state index in [9.17, 15) is 9.18 Å². The summed E-state index contributed by atoms with van der Waals surface area (Å²) in [7, 11) is 0. The zero-order chi connectivity index (χ0) is 21.8. The number of nitrogens with zero attached hydrogens (tertiary/aromatic N) is 1. The highest BCUT2D eigenvalue weighted by molar-refractivity contribution is 5.76. The van der Waals surface area contributed by atoms with Crippen LogP contribution in [0.25, 0.3) is 0 Å². The average molecular weight is 431 g/mol. The number of hydrogen-bond donors (Lipinski definition) is 3. The van der Waals surface area contributed by atoms with E-state index in [-0.39, 0.29) is 23.2 Å². The number of halogens is 1. The van der Waals surface area contributed by atoms with Gasteiger partial charge in [0.05, 0.1) is 0 Å². The third kappa shape index (κ3) is 5.29. The molecule has 5 nitrogen and oxygen atoms in total. The fourth-order valence-electron chi connectivity index (χ4n) is 6.13. The van der Waals surface area contributed by atoms with Gasteiger partial charge in [-0.2, -0.15) is 0 Å². The van der Waals surface area contributed by atoms with Gasteiger partial charge in [0.25, 0.3) is 0 Å². The maximum absolute atomic E-state index is 14.6. The molecule has 1 aromatic rings. The SMILES string of the molecule is CC1NNC(C)C1CCC(=O)NC1CCN(CC2(c3ccccc3F)CCCC2)CC1. The predicted molar refractivity (Wildman–Crippen MR) is 122 cm³/mol. The van der Waals surface area contributed by atoms with Gasteiger partial charge in [0.1, 0.15) is 5.82 Å². The number of nitrogens with one attached hydrogen (secondary N) is 3. The van der Waals surface area contributed by atoms with Crippen LogP contribution in [-0.2, 0) is 10.2 Å². The van der Waals surface area contributed by atoms with E-state index in [0.29, 0.717) is 24.4 Å². The molecule has 0 radical (unpaired) electrons. The van der Waals surface area contributed by atoms with E-state index in [1.165, 1.54) is 12.8 Å². The Morgan fingerprint density at radius 1 is 1.13 bits per heavy atom. The number of amides is 1. The summed E-state index contributed by atoms with van der Waals surface area (Å²) in [5, 5.41) is 3.27. The summed E-state index contributed by atoms with van der Waals surface area (Å²) in [4.78, 5) is 15.0. The number of carbonyl (C=O) groups excluding carboxylic acids is 1. The number of likely N-dealkylation sites (tertiary alicyclic amines) is 1. The molecule has 3 aliphatic rings. The topological polar surface area (TPSA) is 56.4 Å². The Bertz CT molecular complexity index is 733. The zero-order valence-corrected chi connectivity index (χ0v) is 19.1. The summed E-state index contributed by atoms with van der Waals surface area (Å²) in [6.07, 6.45) is 8.00. The first kappa shape index (κ1) is 22.7. The second-order valence-corrected chi connectivity index (χ2v) is 10.2. The average Bonchev–Trinajstić information content (AvgIpc) is 3.35. The maximum Gasteiger partial charge on any atom is 0.220 e. The summed E-state index contributed by atoms with van der Waals surface area (Å²) < 4.78 is 14.6. The standard InChI is InChI=1S/C25H39FN4O/c1-18-21(19(2)29-28-18)9-10-24(31)27-20-11-15-30(16-12-20)17-25(13-5-6-14-25)22-7-3-4-8-23(22)26/h3-4,7-8,18-21,28-29H,5-6,9-17H2,1-2H3,(H,27,31). The van der Waals surface area contributed by atoms with Gasteiger partial charge in [-0.25, -0.2) is 4.39 Å². The molecule has 0 bridgehead atoms. The molecule has 2 aliphatic heterocycles. The monoisotopic (exact) mass is 430 g/mol. The highest BCUT2D eigenvalue weighted by Gasteiger charge is 2.39. The molecule has 1 amide bonds. The van der Waals surface area contributed by atoms with Crippen LogP contribution < -0.4 is 16.2 Å². The van der Waals surface area contributed by atoms with Crippen LogP contribution >= 0.6 is 0 Å². The summed E-state index contributed by atoms with van der Waals surface area (Å²) in [6.45, 7) is 7.24. The predicted octanol–water partition coefficient (Wildman–Crippen LogP) is 3.50. The molecular formula is C25H39FN4O. The smallest absolute Gasteiger partial charge is 0.220 e. The molecule has 6 heteroatoms. The molecule has 2 unspecified atom stereocenters. The molecule has 1 aromatic carbocycles. The van der Waals surface area contributed by atoms with Crippen molar-refractivity contribution in [3.8, 4) is 0 Å². The highest BCUT2D eigenvalue weighted by atomic mass is 19.1. The van der Waals surface area contributed by atoms with Gasteiger partial charge < -0.3 is 10.2 Å². The van der Waals surface area contributed by atoms with Crippen molar-refractivity contribution in [2.45, 2.75) is 88.8 Å². The van der Waals surface area contributed by atoms with Gasteiger partial charge in [0.2, 0.25) is 5.91 Å². The molecule has 1 aliphatic carbocycles. The lowest BCUT2D eigenvalue weighted by Gasteiger charge is -2.39. The zero-order valence-electron chi connectivity index (χ0n) is 19.1. The lowest BCUT2D eigenvalue weighted by molar-refractivity contribution is -0.122. The molecule has 31 heavy (non-hydrogen) atoms.